The molecule has 2 aliphatic rings. The SMILES string of the molecule is Cc1c(CN2CCN(c3ccc(F)cc3)CC2)cc(-c2ccccc2)n1N1C=CN=CC1. The second kappa shape index (κ2) is 9.01. The van der Waals surface area contributed by atoms with Gasteiger partial charge < -0.3 is 4.90 Å². The van der Waals surface area contributed by atoms with Gasteiger partial charge in [-0.3, -0.25) is 19.6 Å². The number of halogens is 1. The number of hydrogen-bond donors (Lipinski definition) is 0. The average molecular weight is 430 g/mol. The van der Waals surface area contributed by atoms with Crippen LogP contribution in [-0.4, -0.2) is 48.5 Å². The van der Waals surface area contributed by atoms with Gasteiger partial charge in [-0.2, -0.15) is 0 Å². The predicted molar refractivity (Wildman–Crippen MR) is 129 cm³/mol. The van der Waals surface area contributed by atoms with E-state index in [9.17, 15) is 4.39 Å². The van der Waals surface area contributed by atoms with E-state index in [0.29, 0.717) is 0 Å². The van der Waals surface area contributed by atoms with Gasteiger partial charge >= 0.3 is 0 Å². The van der Waals surface area contributed by atoms with E-state index in [1.165, 1.54) is 22.5 Å². The third-order valence-electron chi connectivity index (χ3n) is 6.30. The molecule has 0 spiro atoms. The maximum absolute atomic E-state index is 13.2. The van der Waals surface area contributed by atoms with Crippen molar-refractivity contribution in [3.05, 3.63) is 90.1 Å². The van der Waals surface area contributed by atoms with Gasteiger partial charge in [0.05, 0.1) is 12.2 Å². The van der Waals surface area contributed by atoms with Crippen molar-refractivity contribution in [1.29, 1.82) is 0 Å². The van der Waals surface area contributed by atoms with E-state index in [1.807, 2.05) is 30.7 Å². The van der Waals surface area contributed by atoms with E-state index in [1.54, 1.807) is 12.1 Å². The minimum absolute atomic E-state index is 0.184. The second-order valence-corrected chi connectivity index (χ2v) is 8.31. The Hall–Kier alpha value is -3.38. The molecule has 164 valence electrons. The lowest BCUT2D eigenvalue weighted by atomic mass is 10.1. The number of aliphatic imine (C=N–C) groups is 1. The van der Waals surface area contributed by atoms with Crippen molar-refractivity contribution in [2.24, 2.45) is 4.99 Å². The second-order valence-electron chi connectivity index (χ2n) is 8.31. The third kappa shape index (κ3) is 4.18. The summed E-state index contributed by atoms with van der Waals surface area (Å²) in [7, 11) is 0. The minimum Gasteiger partial charge on any atom is -0.369 e. The van der Waals surface area contributed by atoms with E-state index in [4.69, 9.17) is 0 Å². The number of anilines is 1. The van der Waals surface area contributed by atoms with Crippen LogP contribution < -0.4 is 9.91 Å². The van der Waals surface area contributed by atoms with Crippen molar-refractivity contribution in [1.82, 2.24) is 9.58 Å². The number of aromatic nitrogens is 1. The van der Waals surface area contributed by atoms with Crippen molar-refractivity contribution in [2.75, 3.05) is 42.6 Å². The lowest BCUT2D eigenvalue weighted by Crippen LogP contribution is -2.46. The molecule has 0 atom stereocenters. The summed E-state index contributed by atoms with van der Waals surface area (Å²) in [5.41, 5.74) is 6.10. The molecule has 0 aliphatic carbocycles. The fourth-order valence-electron chi connectivity index (χ4n) is 4.53. The standard InChI is InChI=1S/C26H28FN5/c1-21-23(20-29-15-17-30(18-16-29)25-9-7-24(27)8-10-25)19-26(22-5-3-2-4-6-22)32(21)31-13-11-28-12-14-31/h2-13,19H,14-18,20H2,1H3. The Morgan fingerprint density at radius 2 is 1.69 bits per heavy atom. The molecule has 1 saturated heterocycles. The van der Waals surface area contributed by atoms with Crippen LogP contribution in [0.4, 0.5) is 10.1 Å². The fraction of sp³-hybridized carbons (Fsp3) is 0.269. The molecule has 5 nitrogen and oxygen atoms in total. The fourth-order valence-corrected chi connectivity index (χ4v) is 4.53. The molecule has 0 saturated carbocycles. The highest BCUT2D eigenvalue weighted by Gasteiger charge is 2.22. The van der Waals surface area contributed by atoms with Crippen LogP contribution >= 0.6 is 0 Å². The maximum Gasteiger partial charge on any atom is 0.123 e. The van der Waals surface area contributed by atoms with Crippen LogP contribution in [0.1, 0.15) is 11.3 Å². The summed E-state index contributed by atoms with van der Waals surface area (Å²) >= 11 is 0. The lowest BCUT2D eigenvalue weighted by Gasteiger charge is -2.36. The van der Waals surface area contributed by atoms with Gasteiger partial charge in [-0.1, -0.05) is 30.3 Å². The Balaban J connectivity index is 1.35. The van der Waals surface area contributed by atoms with Gasteiger partial charge in [-0.25, -0.2) is 4.39 Å². The van der Waals surface area contributed by atoms with E-state index in [0.717, 1.165) is 45.0 Å². The number of rotatable bonds is 5. The Kier molecular flexibility index (Phi) is 5.77. The molecule has 3 heterocycles. The van der Waals surface area contributed by atoms with E-state index in [-0.39, 0.29) is 5.82 Å². The van der Waals surface area contributed by atoms with Gasteiger partial charge in [0.1, 0.15) is 5.82 Å². The summed E-state index contributed by atoms with van der Waals surface area (Å²) < 4.78 is 15.6. The molecule has 0 N–H and O–H groups in total. The first-order valence-corrected chi connectivity index (χ1v) is 11.1. The molecule has 2 aromatic carbocycles. The summed E-state index contributed by atoms with van der Waals surface area (Å²) in [5, 5.41) is 2.21. The van der Waals surface area contributed by atoms with Crippen LogP contribution in [0.5, 0.6) is 0 Å². The van der Waals surface area contributed by atoms with Crippen molar-refractivity contribution in [3.63, 3.8) is 0 Å². The largest absolute Gasteiger partial charge is 0.369 e. The Labute approximate surface area is 188 Å². The molecule has 0 unspecified atom stereocenters. The van der Waals surface area contributed by atoms with Gasteiger partial charge in [-0.15, -0.1) is 0 Å². The predicted octanol–water partition coefficient (Wildman–Crippen LogP) is 4.42. The molecule has 2 aliphatic heterocycles. The minimum atomic E-state index is -0.184. The topological polar surface area (TPSA) is 27.0 Å². The molecule has 32 heavy (non-hydrogen) atoms. The highest BCUT2D eigenvalue weighted by Crippen LogP contribution is 2.28. The van der Waals surface area contributed by atoms with Crippen LogP contribution in [0, 0.1) is 12.7 Å². The highest BCUT2D eigenvalue weighted by atomic mass is 19.1. The van der Waals surface area contributed by atoms with Gasteiger partial charge in [0.15, 0.2) is 0 Å². The first-order chi connectivity index (χ1) is 15.7. The summed E-state index contributed by atoms with van der Waals surface area (Å²) in [6.07, 6.45) is 5.80. The van der Waals surface area contributed by atoms with Gasteiger partial charge in [0.2, 0.25) is 0 Å². The Morgan fingerprint density at radius 1 is 0.938 bits per heavy atom. The summed E-state index contributed by atoms with van der Waals surface area (Å²) in [5.74, 6) is -0.184. The van der Waals surface area contributed by atoms with Crippen LogP contribution in [0.2, 0.25) is 0 Å². The molecule has 0 amide bonds. The highest BCUT2D eigenvalue weighted by molar-refractivity contribution is 5.68. The monoisotopic (exact) mass is 429 g/mol. The quantitative estimate of drug-likeness (QED) is 0.601. The van der Waals surface area contributed by atoms with Gasteiger partial charge in [-0.05, 0) is 42.8 Å². The smallest absolute Gasteiger partial charge is 0.123 e. The molecule has 1 aromatic heterocycles. The molecule has 0 bridgehead atoms. The Bertz CT molecular complexity index is 1110. The Morgan fingerprint density at radius 3 is 2.38 bits per heavy atom. The van der Waals surface area contributed by atoms with Crippen LogP contribution in [0.25, 0.3) is 11.3 Å². The molecule has 5 rings (SSSR count). The molecular weight excluding hydrogens is 401 g/mol. The molecule has 1 fully saturated rings. The normalized spacial score (nSPS) is 16.7. The van der Waals surface area contributed by atoms with Crippen molar-refractivity contribution in [3.8, 4) is 11.3 Å². The van der Waals surface area contributed by atoms with Gasteiger partial charge in [0.25, 0.3) is 0 Å². The third-order valence-corrected chi connectivity index (χ3v) is 6.30. The van der Waals surface area contributed by atoms with Crippen LogP contribution in [-0.2, 0) is 6.54 Å². The molecular formula is C26H28FN5. The van der Waals surface area contributed by atoms with Crippen LogP contribution in [0.3, 0.4) is 0 Å². The number of benzene rings is 2. The van der Waals surface area contributed by atoms with E-state index >= 15 is 0 Å². The van der Waals surface area contributed by atoms with Crippen molar-refractivity contribution < 1.29 is 4.39 Å². The van der Waals surface area contributed by atoms with Gasteiger partial charge in [0, 0.05) is 68.3 Å². The molecule has 6 heteroatoms. The van der Waals surface area contributed by atoms with E-state index in [2.05, 4.69) is 67.8 Å². The van der Waals surface area contributed by atoms with Crippen molar-refractivity contribution in [2.45, 2.75) is 13.5 Å². The maximum atomic E-state index is 13.2. The lowest BCUT2D eigenvalue weighted by molar-refractivity contribution is 0.249. The first-order valence-electron chi connectivity index (χ1n) is 11.1. The number of piperazine rings is 1. The summed E-state index contributed by atoms with van der Waals surface area (Å²) in [6.45, 7) is 7.74. The zero-order chi connectivity index (χ0) is 21.9. The zero-order valence-electron chi connectivity index (χ0n) is 18.4. The molecule has 0 radical (unpaired) electrons. The zero-order valence-corrected chi connectivity index (χ0v) is 18.4. The first kappa shape index (κ1) is 20.5. The summed E-state index contributed by atoms with van der Waals surface area (Å²) in [6, 6.07) is 19.7. The molecule has 3 aromatic rings. The van der Waals surface area contributed by atoms with Crippen molar-refractivity contribution >= 4 is 11.9 Å². The average Bonchev–Trinajstić information content (AvgIpc) is 3.17. The van der Waals surface area contributed by atoms with E-state index < -0.39 is 0 Å². The number of hydrogen-bond acceptors (Lipinski definition) is 4. The van der Waals surface area contributed by atoms with Crippen LogP contribution in [0.15, 0.2) is 78.1 Å². The summed E-state index contributed by atoms with van der Waals surface area (Å²) in [4.78, 5) is 9.07. The number of nitrogens with zero attached hydrogens (tertiary/aromatic N) is 5.